The van der Waals surface area contributed by atoms with Crippen molar-refractivity contribution in [1.82, 2.24) is 0 Å². The molecular weight excluding hydrogens is 420 g/mol. The third-order valence-corrected chi connectivity index (χ3v) is 6.92. The quantitative estimate of drug-likeness (QED) is 0.526. The number of carbonyl (C=O) groups excluding carboxylic acids is 1. The number of nitrogens with zero attached hydrogens (tertiary/aromatic N) is 1. The zero-order chi connectivity index (χ0) is 21.6. The molecule has 0 aromatic heterocycles. The van der Waals surface area contributed by atoms with Gasteiger partial charge in [-0.2, -0.15) is 0 Å². The summed E-state index contributed by atoms with van der Waals surface area (Å²) in [6.07, 6.45) is 0.807. The van der Waals surface area contributed by atoms with Crippen LogP contribution in [0.4, 0.5) is 11.4 Å². The number of sulfonamides is 1. The second-order valence-electron chi connectivity index (χ2n) is 6.67. The molecule has 0 atom stereocenters. The van der Waals surface area contributed by atoms with Gasteiger partial charge in [0, 0.05) is 23.7 Å². The van der Waals surface area contributed by atoms with E-state index in [0.717, 1.165) is 5.56 Å². The second-order valence-corrected chi connectivity index (χ2v) is 8.94. The topological polar surface area (TPSA) is 66.5 Å². The van der Waals surface area contributed by atoms with Gasteiger partial charge in [0.1, 0.15) is 0 Å². The maximum absolute atomic E-state index is 13.0. The van der Waals surface area contributed by atoms with Crippen molar-refractivity contribution in [3.05, 3.63) is 89.4 Å². The van der Waals surface area contributed by atoms with E-state index < -0.39 is 10.0 Å². The average molecular weight is 443 g/mol. The minimum Gasteiger partial charge on any atom is -0.326 e. The number of hydrogen-bond acceptors (Lipinski definition) is 3. The first-order chi connectivity index (χ1) is 14.4. The van der Waals surface area contributed by atoms with Crippen LogP contribution in [0.5, 0.6) is 0 Å². The number of rotatable bonds is 8. The average Bonchev–Trinajstić information content (AvgIpc) is 2.75. The Morgan fingerprint density at radius 3 is 2.20 bits per heavy atom. The predicted octanol–water partition coefficient (Wildman–Crippen LogP) is 5.13. The summed E-state index contributed by atoms with van der Waals surface area (Å²) in [7, 11) is -3.69. The Morgan fingerprint density at radius 2 is 1.57 bits per heavy atom. The molecule has 0 aliphatic carbocycles. The molecular formula is C23H23ClN2O3S. The van der Waals surface area contributed by atoms with E-state index in [1.54, 1.807) is 49.4 Å². The van der Waals surface area contributed by atoms with Crippen molar-refractivity contribution in [3.8, 4) is 0 Å². The molecule has 0 aliphatic heterocycles. The summed E-state index contributed by atoms with van der Waals surface area (Å²) in [5.41, 5.74) is 2.06. The third-order valence-electron chi connectivity index (χ3n) is 4.64. The summed E-state index contributed by atoms with van der Waals surface area (Å²) in [5.74, 6) is -0.162. The summed E-state index contributed by atoms with van der Waals surface area (Å²) < 4.78 is 27.4. The Labute approximate surface area is 182 Å². The molecule has 1 N–H and O–H groups in total. The summed E-state index contributed by atoms with van der Waals surface area (Å²) in [4.78, 5) is 12.4. The van der Waals surface area contributed by atoms with Gasteiger partial charge in [0.05, 0.1) is 10.6 Å². The van der Waals surface area contributed by atoms with E-state index >= 15 is 0 Å². The van der Waals surface area contributed by atoms with Crippen molar-refractivity contribution in [2.24, 2.45) is 0 Å². The molecule has 3 aromatic rings. The molecule has 0 heterocycles. The molecule has 0 saturated heterocycles. The normalized spacial score (nSPS) is 11.1. The number of benzene rings is 3. The SMILES string of the molecule is CCN(c1ccccc1)S(=O)(=O)c1ccc(NC(=O)CCc2ccccc2Cl)cc1. The van der Waals surface area contributed by atoms with Crippen molar-refractivity contribution in [1.29, 1.82) is 0 Å². The number of para-hydroxylation sites is 1. The highest BCUT2D eigenvalue weighted by atomic mass is 35.5. The van der Waals surface area contributed by atoms with Gasteiger partial charge in [-0.15, -0.1) is 0 Å². The number of halogens is 1. The van der Waals surface area contributed by atoms with Gasteiger partial charge in [0.2, 0.25) is 5.91 Å². The molecule has 0 unspecified atom stereocenters. The number of nitrogens with one attached hydrogen (secondary N) is 1. The van der Waals surface area contributed by atoms with Gasteiger partial charge in [-0.3, -0.25) is 9.10 Å². The molecule has 0 saturated carbocycles. The van der Waals surface area contributed by atoms with Crippen LogP contribution >= 0.6 is 11.6 Å². The number of carbonyl (C=O) groups is 1. The van der Waals surface area contributed by atoms with Crippen molar-refractivity contribution in [2.45, 2.75) is 24.7 Å². The first-order valence-electron chi connectivity index (χ1n) is 9.63. The minimum absolute atomic E-state index is 0.162. The number of anilines is 2. The number of aryl methyl sites for hydroxylation is 1. The van der Waals surface area contributed by atoms with Crippen LogP contribution in [0.15, 0.2) is 83.8 Å². The van der Waals surface area contributed by atoms with Gasteiger partial charge >= 0.3 is 0 Å². The summed E-state index contributed by atoms with van der Waals surface area (Å²) >= 11 is 6.12. The first kappa shape index (κ1) is 21.9. The molecule has 0 fully saturated rings. The van der Waals surface area contributed by atoms with Crippen LogP contribution in [0, 0.1) is 0 Å². The van der Waals surface area contributed by atoms with Gasteiger partial charge in [-0.1, -0.05) is 48.0 Å². The fourth-order valence-corrected chi connectivity index (χ4v) is 4.80. The lowest BCUT2D eigenvalue weighted by Gasteiger charge is -2.23. The molecule has 0 radical (unpaired) electrons. The summed E-state index contributed by atoms with van der Waals surface area (Å²) in [6.45, 7) is 2.10. The molecule has 0 bridgehead atoms. The Kier molecular flexibility index (Phi) is 7.13. The van der Waals surface area contributed by atoms with Gasteiger partial charge in [-0.05, 0) is 61.4 Å². The maximum Gasteiger partial charge on any atom is 0.264 e. The lowest BCUT2D eigenvalue weighted by atomic mass is 10.1. The van der Waals surface area contributed by atoms with Crippen molar-refractivity contribution >= 4 is 38.9 Å². The molecule has 30 heavy (non-hydrogen) atoms. The van der Waals surface area contributed by atoms with Gasteiger partial charge in [0.25, 0.3) is 10.0 Å². The Hall–Kier alpha value is -2.83. The van der Waals surface area contributed by atoms with Gasteiger partial charge in [0.15, 0.2) is 0 Å². The summed E-state index contributed by atoms with van der Waals surface area (Å²) in [6, 6.07) is 22.6. The van der Waals surface area contributed by atoms with E-state index in [4.69, 9.17) is 11.6 Å². The van der Waals surface area contributed by atoms with Gasteiger partial charge in [-0.25, -0.2) is 8.42 Å². The molecule has 0 aliphatic rings. The Morgan fingerprint density at radius 1 is 0.933 bits per heavy atom. The molecule has 156 valence electrons. The zero-order valence-corrected chi connectivity index (χ0v) is 18.2. The predicted molar refractivity (Wildman–Crippen MR) is 121 cm³/mol. The molecule has 5 nitrogen and oxygen atoms in total. The molecule has 3 aromatic carbocycles. The van der Waals surface area contributed by atoms with E-state index in [1.807, 2.05) is 24.3 Å². The maximum atomic E-state index is 13.0. The van der Waals surface area contributed by atoms with E-state index in [1.165, 1.54) is 16.4 Å². The highest BCUT2D eigenvalue weighted by Crippen LogP contribution is 2.24. The van der Waals surface area contributed by atoms with Crippen molar-refractivity contribution < 1.29 is 13.2 Å². The second kappa shape index (κ2) is 9.78. The van der Waals surface area contributed by atoms with Crippen LogP contribution in [-0.4, -0.2) is 20.9 Å². The highest BCUT2D eigenvalue weighted by molar-refractivity contribution is 7.92. The fraction of sp³-hybridized carbons (Fsp3) is 0.174. The molecule has 3 rings (SSSR count). The van der Waals surface area contributed by atoms with Crippen LogP contribution < -0.4 is 9.62 Å². The molecule has 7 heteroatoms. The summed E-state index contributed by atoms with van der Waals surface area (Å²) in [5, 5.41) is 3.43. The molecule has 1 amide bonds. The largest absolute Gasteiger partial charge is 0.326 e. The number of hydrogen-bond donors (Lipinski definition) is 1. The number of amides is 1. The van der Waals surface area contributed by atoms with Crippen LogP contribution in [0.2, 0.25) is 5.02 Å². The monoisotopic (exact) mass is 442 g/mol. The van der Waals surface area contributed by atoms with Crippen LogP contribution in [0.3, 0.4) is 0 Å². The first-order valence-corrected chi connectivity index (χ1v) is 11.4. The van der Waals surface area contributed by atoms with Gasteiger partial charge < -0.3 is 5.32 Å². The fourth-order valence-electron chi connectivity index (χ4n) is 3.10. The molecule has 0 spiro atoms. The van der Waals surface area contributed by atoms with Crippen LogP contribution in [-0.2, 0) is 21.2 Å². The van der Waals surface area contributed by atoms with E-state index in [2.05, 4.69) is 5.32 Å². The van der Waals surface area contributed by atoms with Crippen molar-refractivity contribution in [3.63, 3.8) is 0 Å². The smallest absolute Gasteiger partial charge is 0.264 e. The third kappa shape index (κ3) is 5.20. The van der Waals surface area contributed by atoms with Crippen LogP contribution in [0.25, 0.3) is 0 Å². The zero-order valence-electron chi connectivity index (χ0n) is 16.6. The Balaban J connectivity index is 1.66. The standard InChI is InChI=1S/C23H23ClN2O3S/c1-2-26(20-9-4-3-5-10-20)30(28,29)21-15-13-19(14-16-21)25-23(27)17-12-18-8-6-7-11-22(18)24/h3-11,13-16H,2,12,17H2,1H3,(H,25,27). The minimum atomic E-state index is -3.69. The van der Waals surface area contributed by atoms with E-state index in [9.17, 15) is 13.2 Å². The lowest BCUT2D eigenvalue weighted by molar-refractivity contribution is -0.116. The van der Waals surface area contributed by atoms with E-state index in [0.29, 0.717) is 29.4 Å². The van der Waals surface area contributed by atoms with Crippen LogP contribution in [0.1, 0.15) is 18.9 Å². The van der Waals surface area contributed by atoms with Crippen molar-refractivity contribution in [2.75, 3.05) is 16.2 Å². The van der Waals surface area contributed by atoms with E-state index in [-0.39, 0.29) is 17.2 Å². The highest BCUT2D eigenvalue weighted by Gasteiger charge is 2.23. The lowest BCUT2D eigenvalue weighted by Crippen LogP contribution is -2.30. The Bertz CT molecular complexity index is 1100.